The van der Waals surface area contributed by atoms with Crippen molar-refractivity contribution in [3.8, 4) is 0 Å². The fraction of sp³-hybridized carbons (Fsp3) is 0.562. The van der Waals surface area contributed by atoms with Gasteiger partial charge in [0.2, 0.25) is 11.8 Å². The van der Waals surface area contributed by atoms with Crippen LogP contribution in [0.2, 0.25) is 0 Å². The molecular formula is C16H21N3O2. The predicted octanol–water partition coefficient (Wildman–Crippen LogP) is 1.58. The second kappa shape index (κ2) is 5.84. The Balaban J connectivity index is 1.65. The lowest BCUT2D eigenvalue weighted by Gasteiger charge is -2.21. The molecule has 1 aromatic rings. The lowest BCUT2D eigenvalue weighted by atomic mass is 10.1. The molecule has 0 spiro atoms. The van der Waals surface area contributed by atoms with Crippen molar-refractivity contribution in [3.63, 3.8) is 0 Å². The second-order valence-corrected chi connectivity index (χ2v) is 6.06. The molecule has 112 valence electrons. The highest BCUT2D eigenvalue weighted by Gasteiger charge is 2.35. The predicted molar refractivity (Wildman–Crippen MR) is 78.4 cm³/mol. The van der Waals surface area contributed by atoms with Gasteiger partial charge in [0.15, 0.2) is 0 Å². The average molecular weight is 287 g/mol. The first-order chi connectivity index (χ1) is 10.1. The Labute approximate surface area is 124 Å². The first-order valence-corrected chi connectivity index (χ1v) is 7.63. The van der Waals surface area contributed by atoms with Gasteiger partial charge in [0.05, 0.1) is 18.3 Å². The number of likely N-dealkylation sites (tertiary alicyclic amines) is 1. The third-order valence-corrected chi connectivity index (χ3v) is 4.17. The van der Waals surface area contributed by atoms with Gasteiger partial charge in [0.1, 0.15) is 0 Å². The number of hydrogen-bond donors (Lipinski definition) is 1. The first-order valence-electron chi connectivity index (χ1n) is 7.63. The van der Waals surface area contributed by atoms with E-state index in [1.807, 2.05) is 19.1 Å². The highest BCUT2D eigenvalue weighted by Crippen LogP contribution is 2.40. The number of aryl methyl sites for hydroxylation is 1. The van der Waals surface area contributed by atoms with Gasteiger partial charge in [-0.25, -0.2) is 0 Å². The third-order valence-electron chi connectivity index (χ3n) is 4.17. The van der Waals surface area contributed by atoms with E-state index in [9.17, 15) is 9.59 Å². The quantitative estimate of drug-likeness (QED) is 0.894. The molecule has 21 heavy (non-hydrogen) atoms. The van der Waals surface area contributed by atoms with Crippen LogP contribution in [0.4, 0.5) is 0 Å². The highest BCUT2D eigenvalue weighted by molar-refractivity contribution is 5.86. The number of nitrogens with one attached hydrogen (secondary N) is 1. The Morgan fingerprint density at radius 3 is 2.95 bits per heavy atom. The molecular weight excluding hydrogens is 266 g/mol. The van der Waals surface area contributed by atoms with Gasteiger partial charge in [-0.3, -0.25) is 14.6 Å². The molecule has 2 heterocycles. The normalized spacial score (nSPS) is 19.7. The summed E-state index contributed by atoms with van der Waals surface area (Å²) in [5.74, 6) is 0.491. The first kappa shape index (κ1) is 14.0. The van der Waals surface area contributed by atoms with Gasteiger partial charge >= 0.3 is 0 Å². The number of carbonyl (C=O) groups is 2. The fourth-order valence-electron chi connectivity index (χ4n) is 2.86. The molecule has 1 saturated heterocycles. The number of aromatic nitrogens is 1. The van der Waals surface area contributed by atoms with E-state index in [1.54, 1.807) is 11.1 Å². The molecule has 5 nitrogen and oxygen atoms in total. The van der Waals surface area contributed by atoms with Crippen LogP contribution < -0.4 is 5.32 Å². The summed E-state index contributed by atoms with van der Waals surface area (Å²) in [5.41, 5.74) is 2.08. The molecule has 0 aromatic carbocycles. The summed E-state index contributed by atoms with van der Waals surface area (Å²) in [6.07, 6.45) is 5.47. The number of amides is 2. The number of nitrogens with zero attached hydrogens (tertiary/aromatic N) is 2. The van der Waals surface area contributed by atoms with E-state index >= 15 is 0 Å². The summed E-state index contributed by atoms with van der Waals surface area (Å²) in [6.45, 7) is 2.90. The van der Waals surface area contributed by atoms with Crippen molar-refractivity contribution >= 4 is 11.8 Å². The Morgan fingerprint density at radius 1 is 1.52 bits per heavy atom. The van der Waals surface area contributed by atoms with Gasteiger partial charge in [0.25, 0.3) is 0 Å². The molecule has 1 N–H and O–H groups in total. The lowest BCUT2D eigenvalue weighted by molar-refractivity contribution is -0.133. The summed E-state index contributed by atoms with van der Waals surface area (Å²) in [4.78, 5) is 29.9. The summed E-state index contributed by atoms with van der Waals surface area (Å²) in [7, 11) is 0. The fourth-order valence-corrected chi connectivity index (χ4v) is 2.86. The molecule has 1 aromatic heterocycles. The van der Waals surface area contributed by atoms with Crippen LogP contribution in [0.3, 0.4) is 0 Å². The lowest BCUT2D eigenvalue weighted by Crippen LogP contribution is -2.40. The SMILES string of the molecule is Cc1ccnc([C@@H](NC(=O)CN2CCCC2=O)C2CC2)c1. The zero-order valence-corrected chi connectivity index (χ0v) is 12.3. The maximum atomic E-state index is 12.2. The van der Waals surface area contributed by atoms with Crippen molar-refractivity contribution < 1.29 is 9.59 Å². The maximum absolute atomic E-state index is 12.2. The van der Waals surface area contributed by atoms with E-state index < -0.39 is 0 Å². The van der Waals surface area contributed by atoms with Crippen LogP contribution in [0.1, 0.15) is 43.0 Å². The van der Waals surface area contributed by atoms with Gasteiger partial charge < -0.3 is 10.2 Å². The Hall–Kier alpha value is -1.91. The minimum Gasteiger partial charge on any atom is -0.346 e. The van der Waals surface area contributed by atoms with E-state index in [0.29, 0.717) is 18.9 Å². The molecule has 1 aliphatic carbocycles. The molecule has 5 heteroatoms. The zero-order valence-electron chi connectivity index (χ0n) is 12.3. The van der Waals surface area contributed by atoms with Crippen LogP contribution in [0, 0.1) is 12.8 Å². The van der Waals surface area contributed by atoms with Gasteiger partial charge in [-0.1, -0.05) is 0 Å². The van der Waals surface area contributed by atoms with Crippen molar-refractivity contribution in [1.29, 1.82) is 0 Å². The van der Waals surface area contributed by atoms with Crippen LogP contribution in [-0.2, 0) is 9.59 Å². The Kier molecular flexibility index (Phi) is 3.90. The maximum Gasteiger partial charge on any atom is 0.240 e. The zero-order chi connectivity index (χ0) is 14.8. The topological polar surface area (TPSA) is 62.3 Å². The molecule has 0 radical (unpaired) electrons. The van der Waals surface area contributed by atoms with Crippen LogP contribution in [-0.4, -0.2) is 34.8 Å². The Morgan fingerprint density at radius 2 is 2.33 bits per heavy atom. The summed E-state index contributed by atoms with van der Waals surface area (Å²) >= 11 is 0. The minimum absolute atomic E-state index is 0.0184. The second-order valence-electron chi connectivity index (χ2n) is 6.06. The average Bonchev–Trinajstić information content (AvgIpc) is 3.21. The molecule has 1 saturated carbocycles. The highest BCUT2D eigenvalue weighted by atomic mass is 16.2. The van der Waals surface area contributed by atoms with Crippen LogP contribution in [0.15, 0.2) is 18.3 Å². The largest absolute Gasteiger partial charge is 0.346 e. The van der Waals surface area contributed by atoms with Crippen molar-refractivity contribution in [3.05, 3.63) is 29.6 Å². The van der Waals surface area contributed by atoms with Crippen molar-refractivity contribution in [2.45, 2.75) is 38.6 Å². The van der Waals surface area contributed by atoms with E-state index in [-0.39, 0.29) is 24.4 Å². The monoisotopic (exact) mass is 287 g/mol. The summed E-state index contributed by atoms with van der Waals surface area (Å²) < 4.78 is 0. The van der Waals surface area contributed by atoms with Gasteiger partial charge in [-0.05, 0) is 49.8 Å². The van der Waals surface area contributed by atoms with Gasteiger partial charge in [0, 0.05) is 19.2 Å². The molecule has 0 unspecified atom stereocenters. The number of hydrogen-bond acceptors (Lipinski definition) is 3. The van der Waals surface area contributed by atoms with Crippen LogP contribution in [0.5, 0.6) is 0 Å². The molecule has 1 aliphatic heterocycles. The number of rotatable bonds is 5. The standard InChI is InChI=1S/C16H21N3O2/c1-11-6-7-17-13(9-11)16(12-4-5-12)18-14(20)10-19-8-2-3-15(19)21/h6-7,9,12,16H,2-5,8,10H2,1H3,(H,18,20)/t16-/m0/s1. The molecule has 1 atom stereocenters. The van der Waals surface area contributed by atoms with Crippen molar-refractivity contribution in [1.82, 2.24) is 15.2 Å². The Bertz CT molecular complexity index is 554. The molecule has 3 rings (SSSR count). The van der Waals surface area contributed by atoms with E-state index in [2.05, 4.69) is 10.3 Å². The summed E-state index contributed by atoms with van der Waals surface area (Å²) in [5, 5.41) is 3.07. The van der Waals surface area contributed by atoms with Crippen LogP contribution in [0.25, 0.3) is 0 Å². The molecule has 0 bridgehead atoms. The van der Waals surface area contributed by atoms with Crippen LogP contribution >= 0.6 is 0 Å². The van der Waals surface area contributed by atoms with Gasteiger partial charge in [-0.15, -0.1) is 0 Å². The molecule has 2 aliphatic rings. The number of pyridine rings is 1. The van der Waals surface area contributed by atoms with Gasteiger partial charge in [-0.2, -0.15) is 0 Å². The van der Waals surface area contributed by atoms with E-state index in [1.165, 1.54) is 0 Å². The number of carbonyl (C=O) groups excluding carboxylic acids is 2. The minimum atomic E-state index is -0.0783. The third kappa shape index (κ3) is 3.40. The molecule has 2 amide bonds. The van der Waals surface area contributed by atoms with E-state index in [4.69, 9.17) is 0 Å². The van der Waals surface area contributed by atoms with Crippen molar-refractivity contribution in [2.24, 2.45) is 5.92 Å². The smallest absolute Gasteiger partial charge is 0.240 e. The van der Waals surface area contributed by atoms with Crippen molar-refractivity contribution in [2.75, 3.05) is 13.1 Å². The molecule has 2 fully saturated rings. The summed E-state index contributed by atoms with van der Waals surface area (Å²) in [6, 6.07) is 3.97. The van der Waals surface area contributed by atoms with E-state index in [0.717, 1.165) is 30.5 Å².